The highest BCUT2D eigenvalue weighted by molar-refractivity contribution is 7.92. The third-order valence-corrected chi connectivity index (χ3v) is 8.50. The van der Waals surface area contributed by atoms with Gasteiger partial charge >= 0.3 is 0 Å². The molecular weight excluding hydrogens is 564 g/mol. The summed E-state index contributed by atoms with van der Waals surface area (Å²) in [4.78, 5) is 25.1. The van der Waals surface area contributed by atoms with Crippen LogP contribution in [0.2, 0.25) is 0 Å². The number of carbonyl (C=O) groups is 2. The molecule has 9 nitrogen and oxygen atoms in total. The number of nitrogens with one attached hydrogen (secondary N) is 2. The van der Waals surface area contributed by atoms with Crippen molar-refractivity contribution in [2.45, 2.75) is 32.2 Å². The molecule has 10 heteroatoms. The summed E-state index contributed by atoms with van der Waals surface area (Å²) in [6.07, 6.45) is 1.44. The molecule has 4 aromatic rings. The lowest BCUT2D eigenvalue weighted by atomic mass is 10.1. The van der Waals surface area contributed by atoms with Gasteiger partial charge in [-0.05, 0) is 85.5 Å². The van der Waals surface area contributed by atoms with Crippen molar-refractivity contribution in [3.8, 4) is 5.75 Å². The second-order valence-electron chi connectivity index (χ2n) is 9.96. The van der Waals surface area contributed by atoms with Crippen molar-refractivity contribution in [1.82, 2.24) is 10.7 Å². The van der Waals surface area contributed by atoms with Crippen LogP contribution in [0, 0.1) is 20.8 Å². The molecule has 2 amide bonds. The lowest BCUT2D eigenvalue weighted by molar-refractivity contribution is -0.123. The van der Waals surface area contributed by atoms with Crippen LogP contribution in [0.5, 0.6) is 5.75 Å². The van der Waals surface area contributed by atoms with Gasteiger partial charge in [0.25, 0.3) is 21.8 Å². The van der Waals surface area contributed by atoms with Crippen LogP contribution in [0.3, 0.4) is 0 Å². The lowest BCUT2D eigenvalue weighted by Crippen LogP contribution is -2.40. The molecule has 0 aliphatic carbocycles. The van der Waals surface area contributed by atoms with E-state index in [0.717, 1.165) is 26.6 Å². The quantitative estimate of drug-likeness (QED) is 0.182. The maximum Gasteiger partial charge on any atom is 0.264 e. The summed E-state index contributed by atoms with van der Waals surface area (Å²) in [6, 6.07) is 28.2. The second-order valence-corrected chi connectivity index (χ2v) is 11.8. The van der Waals surface area contributed by atoms with Gasteiger partial charge in [-0.2, -0.15) is 5.10 Å². The van der Waals surface area contributed by atoms with Gasteiger partial charge < -0.3 is 10.1 Å². The van der Waals surface area contributed by atoms with Crippen molar-refractivity contribution in [2.75, 3.05) is 17.5 Å². The van der Waals surface area contributed by atoms with Gasteiger partial charge in [0, 0.05) is 6.54 Å². The maximum atomic E-state index is 13.6. The second kappa shape index (κ2) is 14.3. The molecule has 0 saturated carbocycles. The smallest absolute Gasteiger partial charge is 0.264 e. The molecule has 0 atom stereocenters. The number of aryl methyl sites for hydroxylation is 2. The Bertz CT molecular complexity index is 1690. The van der Waals surface area contributed by atoms with E-state index in [4.69, 9.17) is 4.74 Å². The zero-order chi connectivity index (χ0) is 30.8. The number of hydrogen-bond acceptors (Lipinski definition) is 6. The first kappa shape index (κ1) is 31.0. The van der Waals surface area contributed by atoms with Gasteiger partial charge in [0.05, 0.1) is 16.8 Å². The van der Waals surface area contributed by atoms with E-state index in [-0.39, 0.29) is 17.4 Å². The fourth-order valence-electron chi connectivity index (χ4n) is 4.13. The van der Waals surface area contributed by atoms with E-state index in [9.17, 15) is 18.0 Å². The van der Waals surface area contributed by atoms with Crippen molar-refractivity contribution in [3.63, 3.8) is 0 Å². The first-order valence-electron chi connectivity index (χ1n) is 13.6. The SMILES string of the molecule is Cc1ccc(S(=O)(=O)N(CC(=O)N/N=C\c2ccc(OCC(=O)NCc3ccccc3)cc2)c2cccc(C)c2C)cc1. The number of anilines is 1. The predicted octanol–water partition coefficient (Wildman–Crippen LogP) is 4.65. The summed E-state index contributed by atoms with van der Waals surface area (Å²) in [6.45, 7) is 5.41. The Morgan fingerprint density at radius 1 is 0.837 bits per heavy atom. The number of ether oxygens (including phenoxy) is 1. The summed E-state index contributed by atoms with van der Waals surface area (Å²) in [7, 11) is -4.04. The minimum Gasteiger partial charge on any atom is -0.484 e. The van der Waals surface area contributed by atoms with Crippen LogP contribution in [-0.2, 0) is 26.2 Å². The molecule has 43 heavy (non-hydrogen) atoms. The fourth-order valence-corrected chi connectivity index (χ4v) is 5.61. The van der Waals surface area contributed by atoms with E-state index in [1.165, 1.54) is 18.3 Å². The van der Waals surface area contributed by atoms with Gasteiger partial charge in [0.15, 0.2) is 6.61 Å². The van der Waals surface area contributed by atoms with Crippen LogP contribution >= 0.6 is 0 Å². The number of hydrazone groups is 1. The zero-order valence-electron chi connectivity index (χ0n) is 24.3. The summed E-state index contributed by atoms with van der Waals surface area (Å²) in [5, 5.41) is 6.80. The number of nitrogens with zero attached hydrogens (tertiary/aromatic N) is 2. The third kappa shape index (κ3) is 8.52. The molecule has 0 radical (unpaired) electrons. The van der Waals surface area contributed by atoms with Gasteiger partial charge in [-0.25, -0.2) is 13.8 Å². The van der Waals surface area contributed by atoms with Gasteiger partial charge in [-0.15, -0.1) is 0 Å². The number of carbonyl (C=O) groups excluding carboxylic acids is 2. The molecule has 0 heterocycles. The van der Waals surface area contributed by atoms with Crippen molar-refractivity contribution < 1.29 is 22.7 Å². The molecule has 4 rings (SSSR count). The van der Waals surface area contributed by atoms with Gasteiger partial charge in [-0.3, -0.25) is 13.9 Å². The topological polar surface area (TPSA) is 117 Å². The number of amides is 2. The van der Waals surface area contributed by atoms with Crippen molar-refractivity contribution >= 4 is 33.7 Å². The molecule has 0 aromatic heterocycles. The normalized spacial score (nSPS) is 11.2. The molecule has 0 fully saturated rings. The molecule has 0 unspecified atom stereocenters. The van der Waals surface area contributed by atoms with Gasteiger partial charge in [0.2, 0.25) is 0 Å². The van der Waals surface area contributed by atoms with Crippen LogP contribution in [0.1, 0.15) is 27.8 Å². The van der Waals surface area contributed by atoms with E-state index in [1.54, 1.807) is 48.5 Å². The first-order valence-corrected chi connectivity index (χ1v) is 15.1. The highest BCUT2D eigenvalue weighted by Crippen LogP contribution is 2.28. The summed E-state index contributed by atoms with van der Waals surface area (Å²) < 4.78 is 33.9. The molecule has 4 aromatic carbocycles. The number of benzene rings is 4. The van der Waals surface area contributed by atoms with E-state index in [0.29, 0.717) is 23.5 Å². The molecule has 222 valence electrons. The molecule has 2 N–H and O–H groups in total. The molecule has 0 aliphatic rings. The fraction of sp³-hybridized carbons (Fsp3) is 0.182. The van der Waals surface area contributed by atoms with E-state index < -0.39 is 22.5 Å². The van der Waals surface area contributed by atoms with Crippen molar-refractivity contribution in [1.29, 1.82) is 0 Å². The largest absolute Gasteiger partial charge is 0.484 e. The van der Waals surface area contributed by atoms with Crippen LogP contribution in [0.4, 0.5) is 5.69 Å². The average molecular weight is 599 g/mol. The Morgan fingerprint density at radius 2 is 1.53 bits per heavy atom. The monoisotopic (exact) mass is 598 g/mol. The van der Waals surface area contributed by atoms with Crippen molar-refractivity contribution in [3.05, 3.63) is 125 Å². The first-order chi connectivity index (χ1) is 20.6. The Kier molecular flexibility index (Phi) is 10.3. The molecule has 0 saturated heterocycles. The van der Waals surface area contributed by atoms with Gasteiger partial charge in [0.1, 0.15) is 12.3 Å². The number of rotatable bonds is 12. The highest BCUT2D eigenvalue weighted by atomic mass is 32.2. The van der Waals surface area contributed by atoms with Crippen molar-refractivity contribution in [2.24, 2.45) is 5.10 Å². The Hall–Kier alpha value is -4.96. The van der Waals surface area contributed by atoms with Crippen LogP contribution in [-0.4, -0.2) is 39.6 Å². The minimum absolute atomic E-state index is 0.0892. The lowest BCUT2D eigenvalue weighted by Gasteiger charge is -2.26. The number of sulfonamides is 1. The molecule has 0 spiro atoms. The van der Waals surface area contributed by atoms with Crippen LogP contribution in [0.15, 0.2) is 107 Å². The van der Waals surface area contributed by atoms with E-state index in [2.05, 4.69) is 15.8 Å². The van der Waals surface area contributed by atoms with E-state index in [1.807, 2.05) is 57.2 Å². The Morgan fingerprint density at radius 3 is 2.23 bits per heavy atom. The van der Waals surface area contributed by atoms with Crippen LogP contribution < -0.4 is 19.8 Å². The summed E-state index contributed by atoms with van der Waals surface area (Å²) in [5.74, 6) is -0.340. The molecule has 0 aliphatic heterocycles. The average Bonchev–Trinajstić information content (AvgIpc) is 3.00. The summed E-state index contributed by atoms with van der Waals surface area (Å²) >= 11 is 0. The standard InChI is InChI=1S/C33H34N4O5S/c1-24-12-18-30(19-13-24)43(40,41)37(31-11-7-8-25(2)26(31)3)22-32(38)36-35-21-28-14-16-29(17-15-28)42-23-33(39)34-20-27-9-5-4-6-10-27/h4-19,21H,20,22-23H2,1-3H3,(H,34,39)(H,36,38)/b35-21-. The predicted molar refractivity (Wildman–Crippen MR) is 168 cm³/mol. The number of hydrogen-bond donors (Lipinski definition) is 2. The highest BCUT2D eigenvalue weighted by Gasteiger charge is 2.28. The minimum atomic E-state index is -4.04. The molecular formula is C33H34N4O5S. The van der Waals surface area contributed by atoms with E-state index >= 15 is 0 Å². The van der Waals surface area contributed by atoms with Crippen LogP contribution in [0.25, 0.3) is 0 Å². The maximum absolute atomic E-state index is 13.6. The zero-order valence-corrected chi connectivity index (χ0v) is 25.1. The Balaban J connectivity index is 1.35. The third-order valence-electron chi connectivity index (χ3n) is 6.73. The molecule has 0 bridgehead atoms. The van der Waals surface area contributed by atoms with Gasteiger partial charge in [-0.1, -0.05) is 60.2 Å². The summed E-state index contributed by atoms with van der Waals surface area (Å²) in [5.41, 5.74) is 7.09. The Labute approximate surface area is 252 Å².